The van der Waals surface area contributed by atoms with Gasteiger partial charge in [0.25, 0.3) is 5.91 Å². The van der Waals surface area contributed by atoms with Crippen LogP contribution in [0.15, 0.2) is 73.1 Å². The molecule has 0 aliphatic carbocycles. The normalized spacial score (nSPS) is 10.3. The third kappa shape index (κ3) is 4.44. The van der Waals surface area contributed by atoms with E-state index >= 15 is 0 Å². The highest BCUT2D eigenvalue weighted by atomic mass is 16.5. The summed E-state index contributed by atoms with van der Waals surface area (Å²) in [5.41, 5.74) is 3.79. The third-order valence-electron chi connectivity index (χ3n) is 3.79. The minimum Gasteiger partial charge on any atom is -0.489 e. The molecule has 0 unspecified atom stereocenters. The summed E-state index contributed by atoms with van der Waals surface area (Å²) >= 11 is 0. The van der Waals surface area contributed by atoms with Crippen LogP contribution in [0, 0.1) is 0 Å². The minimum atomic E-state index is -0.0564. The maximum Gasteiger partial charge on any atom is 0.251 e. The van der Waals surface area contributed by atoms with Crippen LogP contribution in [0.2, 0.25) is 0 Å². The van der Waals surface area contributed by atoms with Gasteiger partial charge >= 0.3 is 0 Å². The van der Waals surface area contributed by atoms with Crippen LogP contribution in [-0.4, -0.2) is 17.4 Å². The molecule has 0 bridgehead atoms. The molecular formula is C21H20N2O2. The zero-order chi connectivity index (χ0) is 17.5. The lowest BCUT2D eigenvalue weighted by Gasteiger charge is -2.09. The summed E-state index contributed by atoms with van der Waals surface area (Å²) in [6.45, 7) is 2.98. The summed E-state index contributed by atoms with van der Waals surface area (Å²) in [5, 5.41) is 2.79. The number of nitrogens with one attached hydrogen (secondary N) is 1. The topological polar surface area (TPSA) is 51.2 Å². The Labute approximate surface area is 147 Å². The van der Waals surface area contributed by atoms with Gasteiger partial charge in [0.1, 0.15) is 12.4 Å². The second kappa shape index (κ2) is 8.11. The van der Waals surface area contributed by atoms with Crippen molar-refractivity contribution in [2.24, 2.45) is 0 Å². The average molecular weight is 332 g/mol. The number of rotatable bonds is 6. The Hall–Kier alpha value is -3.14. The Morgan fingerprint density at radius 1 is 1.04 bits per heavy atom. The molecule has 0 saturated carbocycles. The van der Waals surface area contributed by atoms with Gasteiger partial charge in [-0.1, -0.05) is 30.3 Å². The quantitative estimate of drug-likeness (QED) is 0.740. The van der Waals surface area contributed by atoms with Gasteiger partial charge in [0.2, 0.25) is 0 Å². The second-order valence-corrected chi connectivity index (χ2v) is 5.61. The van der Waals surface area contributed by atoms with Gasteiger partial charge in [-0.15, -0.1) is 0 Å². The lowest BCUT2D eigenvalue weighted by atomic mass is 10.1. The van der Waals surface area contributed by atoms with E-state index in [0.29, 0.717) is 18.7 Å². The number of amides is 1. The fourth-order valence-corrected chi connectivity index (χ4v) is 2.48. The molecule has 2 aromatic carbocycles. The molecule has 25 heavy (non-hydrogen) atoms. The average Bonchev–Trinajstić information content (AvgIpc) is 2.68. The fraction of sp³-hybridized carbons (Fsp3) is 0.143. The number of aromatic nitrogens is 1. The molecule has 3 aromatic rings. The fourth-order valence-electron chi connectivity index (χ4n) is 2.48. The molecule has 1 heterocycles. The van der Waals surface area contributed by atoms with Crippen LogP contribution in [0.4, 0.5) is 0 Å². The van der Waals surface area contributed by atoms with E-state index in [2.05, 4.69) is 10.3 Å². The van der Waals surface area contributed by atoms with Crippen molar-refractivity contribution in [3.05, 3.63) is 84.2 Å². The first-order valence-electron chi connectivity index (χ1n) is 8.26. The summed E-state index contributed by atoms with van der Waals surface area (Å²) < 4.78 is 5.88. The van der Waals surface area contributed by atoms with Crippen LogP contribution in [-0.2, 0) is 6.61 Å². The number of hydrogen-bond donors (Lipinski definition) is 1. The highest BCUT2D eigenvalue weighted by molar-refractivity contribution is 5.94. The molecule has 1 N–H and O–H groups in total. The molecule has 1 amide bonds. The number of benzene rings is 2. The highest BCUT2D eigenvalue weighted by Gasteiger charge is 2.04. The minimum absolute atomic E-state index is 0.0564. The van der Waals surface area contributed by atoms with Crippen molar-refractivity contribution >= 4 is 5.91 Å². The van der Waals surface area contributed by atoms with E-state index in [-0.39, 0.29) is 5.91 Å². The van der Waals surface area contributed by atoms with E-state index in [1.54, 1.807) is 6.20 Å². The summed E-state index contributed by atoms with van der Waals surface area (Å²) in [6, 6.07) is 19.3. The van der Waals surface area contributed by atoms with E-state index in [9.17, 15) is 4.79 Å². The Balaban J connectivity index is 1.65. The van der Waals surface area contributed by atoms with E-state index in [1.165, 1.54) is 0 Å². The molecule has 3 rings (SSSR count). The smallest absolute Gasteiger partial charge is 0.251 e. The van der Waals surface area contributed by atoms with Gasteiger partial charge in [0, 0.05) is 30.1 Å². The van der Waals surface area contributed by atoms with E-state index in [0.717, 1.165) is 22.4 Å². The molecule has 4 nitrogen and oxygen atoms in total. The maximum absolute atomic E-state index is 11.8. The first kappa shape index (κ1) is 16.7. The van der Waals surface area contributed by atoms with Crippen LogP contribution < -0.4 is 10.1 Å². The lowest BCUT2D eigenvalue weighted by molar-refractivity contribution is 0.0956. The summed E-state index contributed by atoms with van der Waals surface area (Å²) in [6.07, 6.45) is 3.59. The van der Waals surface area contributed by atoms with Crippen LogP contribution in [0.3, 0.4) is 0 Å². The van der Waals surface area contributed by atoms with Crippen LogP contribution >= 0.6 is 0 Å². The van der Waals surface area contributed by atoms with Gasteiger partial charge in [-0.25, -0.2) is 0 Å². The van der Waals surface area contributed by atoms with Crippen molar-refractivity contribution in [1.82, 2.24) is 10.3 Å². The SMILES string of the molecule is CCNC(=O)c1ccc(COc2cccc(-c3cccnc3)c2)cc1. The Bertz CT molecular complexity index is 830. The van der Waals surface area contributed by atoms with Gasteiger partial charge in [-0.3, -0.25) is 9.78 Å². The highest BCUT2D eigenvalue weighted by Crippen LogP contribution is 2.23. The van der Waals surface area contributed by atoms with Crippen molar-refractivity contribution in [3.8, 4) is 16.9 Å². The number of hydrogen-bond acceptors (Lipinski definition) is 3. The van der Waals surface area contributed by atoms with Crippen LogP contribution in [0.5, 0.6) is 5.75 Å². The maximum atomic E-state index is 11.8. The molecule has 0 fully saturated rings. The number of pyridine rings is 1. The predicted molar refractivity (Wildman–Crippen MR) is 98.5 cm³/mol. The first-order chi connectivity index (χ1) is 12.3. The molecule has 0 saturated heterocycles. The lowest BCUT2D eigenvalue weighted by Crippen LogP contribution is -2.22. The molecular weight excluding hydrogens is 312 g/mol. The largest absolute Gasteiger partial charge is 0.489 e. The van der Waals surface area contributed by atoms with E-state index < -0.39 is 0 Å². The second-order valence-electron chi connectivity index (χ2n) is 5.61. The number of ether oxygens (including phenoxy) is 1. The van der Waals surface area contributed by atoms with Gasteiger partial charge in [-0.05, 0) is 48.4 Å². The van der Waals surface area contributed by atoms with E-state index in [4.69, 9.17) is 4.74 Å². The Morgan fingerprint density at radius 2 is 1.84 bits per heavy atom. The van der Waals surface area contributed by atoms with Gasteiger partial charge in [-0.2, -0.15) is 0 Å². The standard InChI is InChI=1S/C21H20N2O2/c1-2-23-21(24)17-10-8-16(9-11-17)15-25-20-7-3-5-18(13-20)19-6-4-12-22-14-19/h3-14H,2,15H2,1H3,(H,23,24). The van der Waals surface area contributed by atoms with Crippen molar-refractivity contribution in [3.63, 3.8) is 0 Å². The molecule has 4 heteroatoms. The van der Waals surface area contributed by atoms with Crippen molar-refractivity contribution < 1.29 is 9.53 Å². The molecule has 0 aliphatic rings. The monoisotopic (exact) mass is 332 g/mol. The van der Waals surface area contributed by atoms with Gasteiger partial charge < -0.3 is 10.1 Å². The number of nitrogens with zero attached hydrogens (tertiary/aromatic N) is 1. The number of carbonyl (C=O) groups excluding carboxylic acids is 1. The number of carbonyl (C=O) groups is 1. The van der Waals surface area contributed by atoms with Crippen molar-refractivity contribution in [2.75, 3.05) is 6.54 Å². The Morgan fingerprint density at radius 3 is 2.56 bits per heavy atom. The van der Waals surface area contributed by atoms with Crippen molar-refractivity contribution in [1.29, 1.82) is 0 Å². The van der Waals surface area contributed by atoms with Gasteiger partial charge in [0.15, 0.2) is 0 Å². The molecule has 0 aliphatic heterocycles. The van der Waals surface area contributed by atoms with Crippen LogP contribution in [0.25, 0.3) is 11.1 Å². The zero-order valence-electron chi connectivity index (χ0n) is 14.1. The van der Waals surface area contributed by atoms with Crippen molar-refractivity contribution in [2.45, 2.75) is 13.5 Å². The molecule has 0 atom stereocenters. The van der Waals surface area contributed by atoms with E-state index in [1.807, 2.05) is 73.8 Å². The van der Waals surface area contributed by atoms with Gasteiger partial charge in [0.05, 0.1) is 0 Å². The first-order valence-corrected chi connectivity index (χ1v) is 8.26. The molecule has 126 valence electrons. The predicted octanol–water partition coefficient (Wildman–Crippen LogP) is 4.08. The molecule has 0 spiro atoms. The van der Waals surface area contributed by atoms with Crippen LogP contribution in [0.1, 0.15) is 22.8 Å². The summed E-state index contributed by atoms with van der Waals surface area (Å²) in [5.74, 6) is 0.744. The zero-order valence-corrected chi connectivity index (χ0v) is 14.1. The molecule has 0 radical (unpaired) electrons. The summed E-state index contributed by atoms with van der Waals surface area (Å²) in [7, 11) is 0. The molecule has 1 aromatic heterocycles. The Kier molecular flexibility index (Phi) is 5.42. The summed E-state index contributed by atoms with van der Waals surface area (Å²) in [4.78, 5) is 15.9. The third-order valence-corrected chi connectivity index (χ3v) is 3.79.